The number of anilines is 1. The standard InChI is InChI=1S/C29H27ClN2O3/c1-2-19-34-27-8-4-3-7-26(27)29(33)32(28-9-5-6-18-31-28)20-22-12-16-25(17-13-22)35-21-23-10-14-24(30)15-11-23/h3-18H,2,19-21H2,1H3. The highest BCUT2D eigenvalue weighted by Gasteiger charge is 2.22. The van der Waals surface area contributed by atoms with Gasteiger partial charge in [0.2, 0.25) is 0 Å². The first kappa shape index (κ1) is 24.3. The molecule has 0 aliphatic rings. The number of rotatable bonds is 10. The molecule has 0 bridgehead atoms. The molecule has 0 N–H and O–H groups in total. The number of hydrogen-bond acceptors (Lipinski definition) is 4. The van der Waals surface area contributed by atoms with Gasteiger partial charge >= 0.3 is 0 Å². The lowest BCUT2D eigenvalue weighted by molar-refractivity contribution is 0.0980. The van der Waals surface area contributed by atoms with Crippen molar-refractivity contribution in [2.24, 2.45) is 0 Å². The van der Waals surface area contributed by atoms with E-state index in [1.54, 1.807) is 17.2 Å². The summed E-state index contributed by atoms with van der Waals surface area (Å²) < 4.78 is 11.7. The zero-order valence-electron chi connectivity index (χ0n) is 19.6. The van der Waals surface area contributed by atoms with Crippen LogP contribution in [0.5, 0.6) is 11.5 Å². The van der Waals surface area contributed by atoms with Crippen LogP contribution < -0.4 is 14.4 Å². The van der Waals surface area contributed by atoms with Crippen LogP contribution in [0.25, 0.3) is 0 Å². The molecular weight excluding hydrogens is 460 g/mol. The Balaban J connectivity index is 1.51. The van der Waals surface area contributed by atoms with E-state index >= 15 is 0 Å². The number of amides is 1. The van der Waals surface area contributed by atoms with Gasteiger partial charge in [-0.2, -0.15) is 0 Å². The average molecular weight is 487 g/mol. The second kappa shape index (κ2) is 12.0. The van der Waals surface area contributed by atoms with Crippen LogP contribution in [-0.4, -0.2) is 17.5 Å². The Morgan fingerprint density at radius 3 is 2.29 bits per heavy atom. The van der Waals surface area contributed by atoms with Gasteiger partial charge in [0.25, 0.3) is 5.91 Å². The zero-order valence-corrected chi connectivity index (χ0v) is 20.3. The molecule has 0 unspecified atom stereocenters. The molecule has 6 heteroatoms. The van der Waals surface area contributed by atoms with Crippen LogP contribution in [0, 0.1) is 0 Å². The predicted molar refractivity (Wildman–Crippen MR) is 139 cm³/mol. The molecule has 0 saturated carbocycles. The number of halogens is 1. The molecule has 1 heterocycles. The number of benzene rings is 3. The molecule has 0 atom stereocenters. The maximum Gasteiger partial charge on any atom is 0.263 e. The number of hydrogen-bond donors (Lipinski definition) is 0. The summed E-state index contributed by atoms with van der Waals surface area (Å²) in [4.78, 5) is 19.8. The van der Waals surface area contributed by atoms with Crippen molar-refractivity contribution in [3.05, 3.63) is 119 Å². The molecule has 4 aromatic rings. The lowest BCUT2D eigenvalue weighted by Crippen LogP contribution is -2.31. The fourth-order valence-electron chi connectivity index (χ4n) is 3.52. The minimum Gasteiger partial charge on any atom is -0.493 e. The molecule has 178 valence electrons. The third-order valence-electron chi connectivity index (χ3n) is 5.33. The van der Waals surface area contributed by atoms with Crippen molar-refractivity contribution in [1.29, 1.82) is 0 Å². The molecular formula is C29H27ClN2O3. The number of pyridine rings is 1. The first-order valence-electron chi connectivity index (χ1n) is 11.5. The van der Waals surface area contributed by atoms with E-state index < -0.39 is 0 Å². The summed E-state index contributed by atoms with van der Waals surface area (Å²) in [6.07, 6.45) is 2.54. The highest BCUT2D eigenvalue weighted by Crippen LogP contribution is 2.25. The Morgan fingerprint density at radius 2 is 1.57 bits per heavy atom. The number of carbonyl (C=O) groups is 1. The first-order valence-corrected chi connectivity index (χ1v) is 11.9. The van der Waals surface area contributed by atoms with Crippen molar-refractivity contribution < 1.29 is 14.3 Å². The lowest BCUT2D eigenvalue weighted by atomic mass is 10.1. The van der Waals surface area contributed by atoms with E-state index in [2.05, 4.69) is 4.98 Å². The van der Waals surface area contributed by atoms with E-state index in [4.69, 9.17) is 21.1 Å². The summed E-state index contributed by atoms with van der Waals surface area (Å²) in [6.45, 7) is 3.39. The van der Waals surface area contributed by atoms with Crippen molar-refractivity contribution in [3.63, 3.8) is 0 Å². The lowest BCUT2D eigenvalue weighted by Gasteiger charge is -2.23. The van der Waals surface area contributed by atoms with Crippen LogP contribution >= 0.6 is 11.6 Å². The number of carbonyl (C=O) groups excluding carboxylic acids is 1. The third kappa shape index (κ3) is 6.61. The summed E-state index contributed by atoms with van der Waals surface area (Å²) in [7, 11) is 0. The van der Waals surface area contributed by atoms with Gasteiger partial charge in [0.15, 0.2) is 0 Å². The Bertz CT molecular complexity index is 1230. The van der Waals surface area contributed by atoms with E-state index in [0.717, 1.165) is 23.3 Å². The van der Waals surface area contributed by atoms with Crippen LogP contribution in [0.1, 0.15) is 34.8 Å². The SMILES string of the molecule is CCCOc1ccccc1C(=O)N(Cc1ccc(OCc2ccc(Cl)cc2)cc1)c1ccccn1. The van der Waals surface area contributed by atoms with Gasteiger partial charge < -0.3 is 9.47 Å². The summed E-state index contributed by atoms with van der Waals surface area (Å²) in [5, 5.41) is 0.699. The minimum atomic E-state index is -0.168. The van der Waals surface area contributed by atoms with Gasteiger partial charge in [-0.25, -0.2) is 4.98 Å². The summed E-state index contributed by atoms with van der Waals surface area (Å²) in [5.74, 6) is 1.73. The van der Waals surface area contributed by atoms with E-state index in [-0.39, 0.29) is 5.91 Å². The molecule has 0 aliphatic heterocycles. The molecule has 5 nitrogen and oxygen atoms in total. The van der Waals surface area contributed by atoms with Crippen LogP contribution in [0.2, 0.25) is 5.02 Å². The predicted octanol–water partition coefficient (Wildman–Crippen LogP) is 6.95. The Hall–Kier alpha value is -3.83. The molecule has 0 radical (unpaired) electrons. The summed E-state index contributed by atoms with van der Waals surface area (Å²) in [5.41, 5.74) is 2.50. The van der Waals surface area contributed by atoms with Gasteiger partial charge in [0.05, 0.1) is 18.7 Å². The monoisotopic (exact) mass is 486 g/mol. The van der Waals surface area contributed by atoms with E-state index in [1.807, 2.05) is 91.9 Å². The van der Waals surface area contributed by atoms with Crippen molar-refractivity contribution >= 4 is 23.3 Å². The van der Waals surface area contributed by atoms with E-state index in [9.17, 15) is 4.79 Å². The highest BCUT2D eigenvalue weighted by atomic mass is 35.5. The molecule has 0 saturated heterocycles. The molecule has 1 aromatic heterocycles. The summed E-state index contributed by atoms with van der Waals surface area (Å²) >= 11 is 5.94. The number of nitrogens with zero attached hydrogens (tertiary/aromatic N) is 2. The van der Waals surface area contributed by atoms with Gasteiger partial charge in [-0.15, -0.1) is 0 Å². The average Bonchev–Trinajstić information content (AvgIpc) is 2.91. The maximum absolute atomic E-state index is 13.7. The quantitative estimate of drug-likeness (QED) is 0.243. The largest absolute Gasteiger partial charge is 0.493 e. The summed E-state index contributed by atoms with van der Waals surface area (Å²) in [6, 6.07) is 28.2. The van der Waals surface area contributed by atoms with Crippen LogP contribution in [0.15, 0.2) is 97.2 Å². The molecule has 4 rings (SSSR count). The van der Waals surface area contributed by atoms with Crippen LogP contribution in [-0.2, 0) is 13.2 Å². The van der Waals surface area contributed by atoms with E-state index in [0.29, 0.717) is 41.9 Å². The normalized spacial score (nSPS) is 10.6. The number of aromatic nitrogens is 1. The van der Waals surface area contributed by atoms with Gasteiger partial charge in [0, 0.05) is 11.2 Å². The van der Waals surface area contributed by atoms with Crippen molar-refractivity contribution in [2.45, 2.75) is 26.5 Å². The zero-order chi connectivity index (χ0) is 24.5. The van der Waals surface area contributed by atoms with Gasteiger partial charge in [-0.3, -0.25) is 9.69 Å². The smallest absolute Gasteiger partial charge is 0.263 e. The maximum atomic E-state index is 13.7. The Kier molecular flexibility index (Phi) is 8.36. The molecule has 0 spiro atoms. The highest BCUT2D eigenvalue weighted by molar-refractivity contribution is 6.30. The molecule has 3 aromatic carbocycles. The fraction of sp³-hybridized carbons (Fsp3) is 0.172. The van der Waals surface area contributed by atoms with Crippen LogP contribution in [0.3, 0.4) is 0 Å². The Labute approximate surface area is 210 Å². The second-order valence-electron chi connectivity index (χ2n) is 7.98. The number of para-hydroxylation sites is 1. The van der Waals surface area contributed by atoms with Crippen molar-refractivity contribution in [2.75, 3.05) is 11.5 Å². The molecule has 1 amide bonds. The van der Waals surface area contributed by atoms with Gasteiger partial charge in [-0.05, 0) is 66.1 Å². The molecule has 0 fully saturated rings. The second-order valence-corrected chi connectivity index (χ2v) is 8.42. The first-order chi connectivity index (χ1) is 17.1. The minimum absolute atomic E-state index is 0.168. The van der Waals surface area contributed by atoms with Crippen LogP contribution in [0.4, 0.5) is 5.82 Å². The fourth-order valence-corrected chi connectivity index (χ4v) is 3.64. The van der Waals surface area contributed by atoms with Crippen molar-refractivity contribution in [3.8, 4) is 11.5 Å². The van der Waals surface area contributed by atoms with Gasteiger partial charge in [0.1, 0.15) is 23.9 Å². The molecule has 0 aliphatic carbocycles. The van der Waals surface area contributed by atoms with Gasteiger partial charge in [-0.1, -0.05) is 61.0 Å². The number of ether oxygens (including phenoxy) is 2. The van der Waals surface area contributed by atoms with Crippen molar-refractivity contribution in [1.82, 2.24) is 4.98 Å². The topological polar surface area (TPSA) is 51.7 Å². The third-order valence-corrected chi connectivity index (χ3v) is 5.58. The Morgan fingerprint density at radius 1 is 0.857 bits per heavy atom. The van der Waals surface area contributed by atoms with E-state index in [1.165, 1.54) is 0 Å². The molecule has 35 heavy (non-hydrogen) atoms.